The number of aliphatic hydroxyl groups is 1. The summed E-state index contributed by atoms with van der Waals surface area (Å²) < 4.78 is 0. The van der Waals surface area contributed by atoms with E-state index in [0.29, 0.717) is 12.0 Å². The second-order valence-electron chi connectivity index (χ2n) is 6.04. The van der Waals surface area contributed by atoms with E-state index in [2.05, 4.69) is 23.6 Å². The van der Waals surface area contributed by atoms with Crippen molar-refractivity contribution >= 4 is 0 Å². The first-order valence-electron chi connectivity index (χ1n) is 7.31. The van der Waals surface area contributed by atoms with Crippen molar-refractivity contribution in [2.24, 2.45) is 5.92 Å². The first-order chi connectivity index (χ1) is 8.16. The first-order valence-corrected chi connectivity index (χ1v) is 7.31. The Hall–Kier alpha value is -0.120. The van der Waals surface area contributed by atoms with E-state index < -0.39 is 0 Å². The van der Waals surface area contributed by atoms with Crippen LogP contribution in [0.25, 0.3) is 0 Å². The molecule has 0 bridgehead atoms. The Morgan fingerprint density at radius 3 is 2.18 bits per heavy atom. The van der Waals surface area contributed by atoms with Gasteiger partial charge in [0.05, 0.1) is 6.10 Å². The minimum absolute atomic E-state index is 0.0805. The maximum atomic E-state index is 10.2. The van der Waals surface area contributed by atoms with Gasteiger partial charge in [0.2, 0.25) is 0 Å². The van der Waals surface area contributed by atoms with Crippen LogP contribution in [-0.2, 0) is 0 Å². The summed E-state index contributed by atoms with van der Waals surface area (Å²) in [4.78, 5) is 4.97. The summed E-state index contributed by atoms with van der Waals surface area (Å²) >= 11 is 0. The second kappa shape index (κ2) is 6.17. The van der Waals surface area contributed by atoms with Gasteiger partial charge in [0.25, 0.3) is 0 Å². The van der Waals surface area contributed by atoms with Gasteiger partial charge in [-0.25, -0.2) is 0 Å². The highest BCUT2D eigenvalue weighted by molar-refractivity contribution is 4.80. The van der Waals surface area contributed by atoms with Crippen LogP contribution >= 0.6 is 0 Å². The molecule has 1 aliphatic heterocycles. The van der Waals surface area contributed by atoms with Crippen LogP contribution in [0.3, 0.4) is 0 Å². The average Bonchev–Trinajstić information content (AvgIpc) is 2.83. The summed E-state index contributed by atoms with van der Waals surface area (Å²) in [6.45, 7) is 10.0. The third-order valence-corrected chi connectivity index (χ3v) is 4.53. The van der Waals surface area contributed by atoms with E-state index in [-0.39, 0.29) is 6.10 Å². The summed E-state index contributed by atoms with van der Waals surface area (Å²) in [7, 11) is 0. The van der Waals surface area contributed by atoms with Gasteiger partial charge in [0.1, 0.15) is 0 Å². The zero-order valence-electron chi connectivity index (χ0n) is 11.4. The summed E-state index contributed by atoms with van der Waals surface area (Å²) in [5.74, 6) is 0.582. The monoisotopic (exact) mass is 240 g/mol. The number of β-amino-alcohol motifs (C(OH)–C–C–N with tert-alkyl or cyclic N) is 1. The van der Waals surface area contributed by atoms with E-state index in [0.717, 1.165) is 32.7 Å². The Labute approximate surface area is 106 Å². The molecule has 1 atom stereocenters. The third kappa shape index (κ3) is 3.67. The molecule has 2 fully saturated rings. The lowest BCUT2D eigenvalue weighted by Gasteiger charge is -2.38. The minimum atomic E-state index is -0.0805. The fourth-order valence-electron chi connectivity index (χ4n) is 3.22. The third-order valence-electron chi connectivity index (χ3n) is 4.53. The van der Waals surface area contributed by atoms with E-state index in [4.69, 9.17) is 0 Å². The van der Waals surface area contributed by atoms with Gasteiger partial charge in [-0.3, -0.25) is 9.80 Å². The predicted octanol–water partition coefficient (Wildman–Crippen LogP) is 1.56. The van der Waals surface area contributed by atoms with Gasteiger partial charge in [-0.2, -0.15) is 0 Å². The molecule has 100 valence electrons. The van der Waals surface area contributed by atoms with Crippen molar-refractivity contribution in [3.8, 4) is 0 Å². The normalized spacial score (nSPS) is 26.8. The van der Waals surface area contributed by atoms with E-state index in [9.17, 15) is 5.11 Å². The number of hydrogen-bond donors (Lipinski definition) is 1. The van der Waals surface area contributed by atoms with Gasteiger partial charge in [0, 0.05) is 38.8 Å². The van der Waals surface area contributed by atoms with Crippen LogP contribution in [0.5, 0.6) is 0 Å². The van der Waals surface area contributed by atoms with Gasteiger partial charge < -0.3 is 5.11 Å². The van der Waals surface area contributed by atoms with E-state index in [1.54, 1.807) is 0 Å². The van der Waals surface area contributed by atoms with Crippen molar-refractivity contribution < 1.29 is 5.11 Å². The zero-order valence-corrected chi connectivity index (χ0v) is 11.4. The standard InChI is InChI=1S/C14H28N2O/c1-12(2)16-9-7-15(8-10-16)11-14(17)13-5-3-4-6-13/h12-14,17H,3-11H2,1-2H3. The Morgan fingerprint density at radius 1 is 1.06 bits per heavy atom. The molecule has 17 heavy (non-hydrogen) atoms. The molecular formula is C14H28N2O. The molecule has 0 aromatic carbocycles. The lowest BCUT2D eigenvalue weighted by molar-refractivity contribution is 0.0364. The van der Waals surface area contributed by atoms with Crippen LogP contribution in [0.4, 0.5) is 0 Å². The Morgan fingerprint density at radius 2 is 1.65 bits per heavy atom. The number of hydrogen-bond acceptors (Lipinski definition) is 3. The van der Waals surface area contributed by atoms with E-state index in [1.165, 1.54) is 25.7 Å². The largest absolute Gasteiger partial charge is 0.392 e. The van der Waals surface area contributed by atoms with Crippen LogP contribution in [0.2, 0.25) is 0 Å². The van der Waals surface area contributed by atoms with Crippen molar-refractivity contribution in [3.05, 3.63) is 0 Å². The molecular weight excluding hydrogens is 212 g/mol. The van der Waals surface area contributed by atoms with Crippen LogP contribution in [0.15, 0.2) is 0 Å². The summed E-state index contributed by atoms with van der Waals surface area (Å²) in [6.07, 6.45) is 5.05. The Kier molecular flexibility index (Phi) is 4.83. The lowest BCUT2D eigenvalue weighted by atomic mass is 10.0. The number of aliphatic hydroxyl groups excluding tert-OH is 1. The van der Waals surface area contributed by atoms with Gasteiger partial charge in [-0.15, -0.1) is 0 Å². The highest BCUT2D eigenvalue weighted by atomic mass is 16.3. The lowest BCUT2D eigenvalue weighted by Crippen LogP contribution is -2.51. The zero-order chi connectivity index (χ0) is 12.3. The predicted molar refractivity (Wildman–Crippen MR) is 71.1 cm³/mol. The molecule has 3 nitrogen and oxygen atoms in total. The number of nitrogens with zero attached hydrogens (tertiary/aromatic N) is 2. The molecule has 1 saturated carbocycles. The fourth-order valence-corrected chi connectivity index (χ4v) is 3.22. The van der Waals surface area contributed by atoms with Gasteiger partial charge in [-0.1, -0.05) is 12.8 Å². The quantitative estimate of drug-likeness (QED) is 0.808. The fraction of sp³-hybridized carbons (Fsp3) is 1.00. The molecule has 3 heteroatoms. The summed E-state index contributed by atoms with van der Waals surface area (Å²) in [6, 6.07) is 0.664. The SMILES string of the molecule is CC(C)N1CCN(CC(O)C2CCCC2)CC1. The van der Waals surface area contributed by atoms with Crippen molar-refractivity contribution in [2.75, 3.05) is 32.7 Å². The maximum Gasteiger partial charge on any atom is 0.0695 e. The molecule has 2 aliphatic rings. The minimum Gasteiger partial charge on any atom is -0.392 e. The van der Waals surface area contributed by atoms with Crippen molar-refractivity contribution in [1.82, 2.24) is 9.80 Å². The van der Waals surface area contributed by atoms with E-state index in [1.807, 2.05) is 0 Å². The molecule has 1 saturated heterocycles. The highest BCUT2D eigenvalue weighted by Gasteiger charge is 2.26. The molecule has 0 aromatic heterocycles. The van der Waals surface area contributed by atoms with Crippen LogP contribution in [-0.4, -0.2) is 59.8 Å². The van der Waals surface area contributed by atoms with Crippen LogP contribution in [0.1, 0.15) is 39.5 Å². The molecule has 1 N–H and O–H groups in total. The average molecular weight is 240 g/mol. The second-order valence-corrected chi connectivity index (χ2v) is 6.04. The Bertz CT molecular complexity index is 218. The van der Waals surface area contributed by atoms with Crippen molar-refractivity contribution in [3.63, 3.8) is 0 Å². The van der Waals surface area contributed by atoms with Gasteiger partial charge in [0.15, 0.2) is 0 Å². The molecule has 0 amide bonds. The van der Waals surface area contributed by atoms with Crippen molar-refractivity contribution in [2.45, 2.75) is 51.7 Å². The Balaban J connectivity index is 1.70. The van der Waals surface area contributed by atoms with E-state index >= 15 is 0 Å². The van der Waals surface area contributed by atoms with Gasteiger partial charge in [-0.05, 0) is 32.6 Å². The molecule has 1 aliphatic carbocycles. The first kappa shape index (κ1) is 13.3. The molecule has 0 radical (unpaired) electrons. The van der Waals surface area contributed by atoms with Crippen LogP contribution < -0.4 is 0 Å². The molecule has 2 rings (SSSR count). The summed E-state index contributed by atoms with van der Waals surface area (Å²) in [5, 5.41) is 10.2. The molecule has 1 heterocycles. The molecule has 0 spiro atoms. The number of rotatable bonds is 4. The van der Waals surface area contributed by atoms with Gasteiger partial charge >= 0.3 is 0 Å². The smallest absolute Gasteiger partial charge is 0.0695 e. The summed E-state index contributed by atoms with van der Waals surface area (Å²) in [5.41, 5.74) is 0. The number of piperazine rings is 1. The molecule has 0 aromatic rings. The van der Waals surface area contributed by atoms with Crippen molar-refractivity contribution in [1.29, 1.82) is 0 Å². The topological polar surface area (TPSA) is 26.7 Å². The highest BCUT2D eigenvalue weighted by Crippen LogP contribution is 2.28. The van der Waals surface area contributed by atoms with Crippen LogP contribution in [0, 0.1) is 5.92 Å². The maximum absolute atomic E-state index is 10.2. The molecule has 1 unspecified atom stereocenters.